The number of benzene rings is 1. The number of aromatic nitrogens is 3. The second-order valence-electron chi connectivity index (χ2n) is 9.57. The largest absolute Gasteiger partial charge is 0.494 e. The molecule has 1 aromatic carbocycles. The Labute approximate surface area is 216 Å². The summed E-state index contributed by atoms with van der Waals surface area (Å²) in [5, 5.41) is 0. The van der Waals surface area contributed by atoms with Crippen molar-refractivity contribution in [2.45, 2.75) is 45.2 Å². The number of carbonyl (C=O) groups is 2. The summed E-state index contributed by atoms with van der Waals surface area (Å²) in [4.78, 5) is 32.6. The van der Waals surface area contributed by atoms with Gasteiger partial charge in [-0.05, 0) is 62.8 Å². The second kappa shape index (κ2) is 10.5. The van der Waals surface area contributed by atoms with Crippen molar-refractivity contribution in [1.29, 1.82) is 0 Å². The summed E-state index contributed by atoms with van der Waals surface area (Å²) >= 11 is 0. The molecule has 1 saturated heterocycles. The molecule has 3 aromatic rings. The van der Waals surface area contributed by atoms with E-state index in [1.54, 1.807) is 26.2 Å². The highest BCUT2D eigenvalue weighted by Crippen LogP contribution is 2.36. The summed E-state index contributed by atoms with van der Waals surface area (Å²) in [7, 11) is 3.53. The van der Waals surface area contributed by atoms with Crippen molar-refractivity contribution in [3.05, 3.63) is 35.5 Å². The molecular weight excluding hydrogens is 482 g/mol. The molecule has 10 heteroatoms. The molecule has 1 aliphatic carbocycles. The van der Waals surface area contributed by atoms with E-state index in [1.165, 1.54) is 0 Å². The van der Waals surface area contributed by atoms with Crippen LogP contribution in [0.3, 0.4) is 0 Å². The van der Waals surface area contributed by atoms with Crippen LogP contribution in [0.1, 0.15) is 53.5 Å². The van der Waals surface area contributed by atoms with Gasteiger partial charge in [0.25, 0.3) is 5.91 Å². The number of piperidine rings is 1. The van der Waals surface area contributed by atoms with Gasteiger partial charge in [0.2, 0.25) is 0 Å². The summed E-state index contributed by atoms with van der Waals surface area (Å²) in [5.41, 5.74) is 9.48. The Balaban J connectivity index is 0.00000304. The molecule has 0 bridgehead atoms. The highest BCUT2D eigenvalue weighted by molar-refractivity contribution is 6.00. The third-order valence-corrected chi connectivity index (χ3v) is 6.98. The maximum atomic E-state index is 13.3. The van der Waals surface area contributed by atoms with E-state index in [4.69, 9.17) is 20.2 Å². The normalized spacial score (nSPS) is 17.7. The van der Waals surface area contributed by atoms with Crippen LogP contribution in [0.4, 0.5) is 0 Å². The van der Waals surface area contributed by atoms with Crippen LogP contribution in [-0.4, -0.2) is 63.7 Å². The van der Waals surface area contributed by atoms with Crippen LogP contribution in [0, 0.1) is 5.92 Å². The van der Waals surface area contributed by atoms with Gasteiger partial charge in [-0.2, -0.15) is 0 Å². The monoisotopic (exact) mass is 515 g/mol. The molecule has 36 heavy (non-hydrogen) atoms. The van der Waals surface area contributed by atoms with Crippen LogP contribution in [-0.2, 0) is 18.3 Å². The first kappa shape index (κ1) is 26.0. The Morgan fingerprint density at radius 2 is 1.97 bits per heavy atom. The maximum absolute atomic E-state index is 13.3. The number of hydrogen-bond acceptors (Lipinski definition) is 6. The number of amides is 1. The van der Waals surface area contributed by atoms with E-state index in [0.717, 1.165) is 43.4 Å². The zero-order valence-corrected chi connectivity index (χ0v) is 21.8. The SMILES string of the molecule is CCOC(=O)c1ccc(-c2nc3cc(C(=O)N4CCC[C@@H](N)C4)cc(OC)c3n2C)n1CC1CC1.Cl. The average molecular weight is 516 g/mol. The third kappa shape index (κ3) is 4.82. The number of methoxy groups -OCH3 is 1. The lowest BCUT2D eigenvalue weighted by Crippen LogP contribution is -2.45. The number of halogens is 1. The van der Waals surface area contributed by atoms with Crippen molar-refractivity contribution in [3.8, 4) is 17.3 Å². The van der Waals surface area contributed by atoms with Gasteiger partial charge in [0.1, 0.15) is 17.0 Å². The number of esters is 1. The van der Waals surface area contributed by atoms with E-state index < -0.39 is 0 Å². The fraction of sp³-hybridized carbons (Fsp3) is 0.500. The smallest absolute Gasteiger partial charge is 0.354 e. The Kier molecular flexibility index (Phi) is 7.61. The maximum Gasteiger partial charge on any atom is 0.354 e. The summed E-state index contributed by atoms with van der Waals surface area (Å²) in [5.74, 6) is 1.45. The van der Waals surface area contributed by atoms with Crippen molar-refractivity contribution < 1.29 is 19.1 Å². The molecule has 2 fully saturated rings. The van der Waals surface area contributed by atoms with Gasteiger partial charge < -0.3 is 29.2 Å². The summed E-state index contributed by atoms with van der Waals surface area (Å²) < 4.78 is 15.0. The van der Waals surface area contributed by atoms with Gasteiger partial charge in [-0.1, -0.05) is 0 Å². The molecular formula is C26H34ClN5O4. The number of hydrogen-bond donors (Lipinski definition) is 1. The standard InChI is InChI=1S/C26H33N5O4.ClH/c1-4-35-26(33)21-10-9-20(31(21)14-16-7-8-16)24-28-19-12-17(13-22(34-3)23(19)29(24)2)25(32)30-11-5-6-18(27)15-30;/h9-10,12-13,16,18H,4-8,11,14-15,27H2,1-3H3;1H/t18-;/m1./s1. The number of nitrogens with two attached hydrogens (primary N) is 1. The lowest BCUT2D eigenvalue weighted by atomic mass is 10.0. The molecule has 9 nitrogen and oxygen atoms in total. The van der Waals surface area contributed by atoms with Gasteiger partial charge in [-0.15, -0.1) is 12.4 Å². The van der Waals surface area contributed by atoms with Gasteiger partial charge in [0.15, 0.2) is 5.82 Å². The average Bonchev–Trinajstić information content (AvgIpc) is 3.48. The first-order valence-corrected chi connectivity index (χ1v) is 12.4. The van der Waals surface area contributed by atoms with Crippen LogP contribution < -0.4 is 10.5 Å². The van der Waals surface area contributed by atoms with Crippen molar-refractivity contribution >= 4 is 35.3 Å². The van der Waals surface area contributed by atoms with Crippen LogP contribution in [0.25, 0.3) is 22.6 Å². The van der Waals surface area contributed by atoms with Crippen molar-refractivity contribution in [3.63, 3.8) is 0 Å². The molecule has 1 aliphatic heterocycles. The molecule has 194 valence electrons. The lowest BCUT2D eigenvalue weighted by Gasteiger charge is -2.30. The molecule has 5 rings (SSSR count). The quantitative estimate of drug-likeness (QED) is 0.482. The third-order valence-electron chi connectivity index (χ3n) is 6.98. The summed E-state index contributed by atoms with van der Waals surface area (Å²) in [6.07, 6.45) is 4.15. The predicted octanol–water partition coefficient (Wildman–Crippen LogP) is 3.62. The van der Waals surface area contributed by atoms with Crippen molar-refractivity contribution in [1.82, 2.24) is 19.0 Å². The highest BCUT2D eigenvalue weighted by atomic mass is 35.5. The van der Waals surface area contributed by atoms with E-state index in [0.29, 0.717) is 54.0 Å². The van der Waals surface area contributed by atoms with Crippen LogP contribution in [0.5, 0.6) is 5.75 Å². The molecule has 3 heterocycles. The van der Waals surface area contributed by atoms with Crippen LogP contribution in [0.2, 0.25) is 0 Å². The Hall–Kier alpha value is -3.04. The number of aryl methyl sites for hydroxylation is 1. The first-order valence-electron chi connectivity index (χ1n) is 12.4. The number of nitrogens with zero attached hydrogens (tertiary/aromatic N) is 4. The van der Waals surface area contributed by atoms with E-state index >= 15 is 0 Å². The molecule has 2 aromatic heterocycles. The molecule has 0 unspecified atom stereocenters. The number of ether oxygens (including phenoxy) is 2. The van der Waals surface area contributed by atoms with Gasteiger partial charge in [0.05, 0.1) is 24.9 Å². The van der Waals surface area contributed by atoms with Crippen LogP contribution in [0.15, 0.2) is 24.3 Å². The fourth-order valence-corrected chi connectivity index (χ4v) is 5.00. The second-order valence-corrected chi connectivity index (χ2v) is 9.57. The topological polar surface area (TPSA) is 105 Å². The summed E-state index contributed by atoms with van der Waals surface area (Å²) in [6, 6.07) is 7.34. The number of fused-ring (bicyclic) bond motifs is 1. The first-order chi connectivity index (χ1) is 16.9. The minimum Gasteiger partial charge on any atom is -0.494 e. The van der Waals surface area contributed by atoms with E-state index in [1.807, 2.05) is 33.2 Å². The Bertz CT molecular complexity index is 1280. The number of likely N-dealkylation sites (tertiary alicyclic amines) is 1. The molecule has 0 spiro atoms. The van der Waals surface area contributed by atoms with Gasteiger partial charge in [0, 0.05) is 38.3 Å². The van der Waals surface area contributed by atoms with Gasteiger partial charge >= 0.3 is 5.97 Å². The minimum atomic E-state index is -0.330. The highest BCUT2D eigenvalue weighted by Gasteiger charge is 2.29. The molecule has 1 atom stereocenters. The van der Waals surface area contributed by atoms with Gasteiger partial charge in [-0.25, -0.2) is 9.78 Å². The molecule has 2 aliphatic rings. The Morgan fingerprint density at radius 1 is 1.19 bits per heavy atom. The molecule has 1 saturated carbocycles. The van der Waals surface area contributed by atoms with E-state index in [2.05, 4.69) is 0 Å². The van der Waals surface area contributed by atoms with Crippen molar-refractivity contribution in [2.24, 2.45) is 18.7 Å². The number of rotatable bonds is 7. The van der Waals surface area contributed by atoms with Crippen molar-refractivity contribution in [2.75, 3.05) is 26.8 Å². The molecule has 0 radical (unpaired) electrons. The van der Waals surface area contributed by atoms with E-state index in [9.17, 15) is 9.59 Å². The van der Waals surface area contributed by atoms with E-state index in [-0.39, 0.29) is 30.3 Å². The summed E-state index contributed by atoms with van der Waals surface area (Å²) in [6.45, 7) is 4.13. The molecule has 2 N–H and O–H groups in total. The van der Waals surface area contributed by atoms with Crippen LogP contribution >= 0.6 is 12.4 Å². The Morgan fingerprint density at radius 3 is 2.64 bits per heavy atom. The lowest BCUT2D eigenvalue weighted by molar-refractivity contribution is 0.0513. The fourth-order valence-electron chi connectivity index (χ4n) is 5.00. The number of imidazole rings is 1. The molecule has 1 amide bonds. The predicted molar refractivity (Wildman–Crippen MR) is 140 cm³/mol. The minimum absolute atomic E-state index is 0. The zero-order valence-electron chi connectivity index (χ0n) is 21.0. The zero-order chi connectivity index (χ0) is 24.7. The number of carbonyl (C=O) groups excluding carboxylic acids is 2. The van der Waals surface area contributed by atoms with Gasteiger partial charge in [-0.3, -0.25) is 4.79 Å².